The molecule has 0 spiro atoms. The molecule has 0 saturated heterocycles. The summed E-state index contributed by atoms with van der Waals surface area (Å²) in [6.07, 6.45) is 0. The van der Waals surface area contributed by atoms with E-state index in [1.165, 1.54) is 5.56 Å². The summed E-state index contributed by atoms with van der Waals surface area (Å²) in [5.41, 5.74) is 2.28. The van der Waals surface area contributed by atoms with Crippen molar-refractivity contribution in [2.24, 2.45) is 4.99 Å². The topological polar surface area (TPSA) is 12.4 Å². The van der Waals surface area contributed by atoms with Crippen molar-refractivity contribution >= 4 is 18.3 Å². The second-order valence-corrected chi connectivity index (χ2v) is 3.00. The number of hydrogen-bond acceptors (Lipinski definition) is 2. The van der Waals surface area contributed by atoms with E-state index in [2.05, 4.69) is 29.8 Å². The Balaban J connectivity index is 2.71. The minimum atomic E-state index is 0.795. The van der Waals surface area contributed by atoms with Crippen LogP contribution in [0.15, 0.2) is 35.3 Å². The summed E-state index contributed by atoms with van der Waals surface area (Å²) < 4.78 is 0. The molecule has 0 heterocycles. The van der Waals surface area contributed by atoms with Gasteiger partial charge in [0.2, 0.25) is 0 Å². The molecule has 0 aromatic heterocycles. The largest absolute Gasteiger partial charge is 0.289 e. The van der Waals surface area contributed by atoms with Gasteiger partial charge in [0.15, 0.2) is 0 Å². The Kier molecular flexibility index (Phi) is 3.88. The molecule has 1 aromatic rings. The molecule has 64 valence electrons. The van der Waals surface area contributed by atoms with Gasteiger partial charge in [-0.3, -0.25) is 4.99 Å². The third-order valence-corrected chi connectivity index (χ3v) is 1.84. The van der Waals surface area contributed by atoms with Gasteiger partial charge in [0.1, 0.15) is 0 Å². The first-order valence-electron chi connectivity index (χ1n) is 4.02. The molecule has 0 aliphatic rings. The lowest BCUT2D eigenvalue weighted by Gasteiger charge is -1.98. The molecule has 0 fully saturated rings. The van der Waals surface area contributed by atoms with Gasteiger partial charge >= 0.3 is 0 Å². The molecule has 12 heavy (non-hydrogen) atoms. The van der Waals surface area contributed by atoms with Crippen molar-refractivity contribution in [2.45, 2.75) is 6.92 Å². The second-order valence-electron chi connectivity index (χ2n) is 2.56. The average Bonchev–Trinajstić information content (AvgIpc) is 2.15. The number of rotatable bonds is 3. The first-order chi connectivity index (χ1) is 5.84. The molecule has 1 aromatic carbocycles. The predicted molar refractivity (Wildman–Crippen MR) is 57.4 cm³/mol. The van der Waals surface area contributed by atoms with Crippen molar-refractivity contribution in [3.63, 3.8) is 0 Å². The van der Waals surface area contributed by atoms with Crippen molar-refractivity contribution in [1.29, 1.82) is 0 Å². The van der Waals surface area contributed by atoms with Crippen LogP contribution in [0.3, 0.4) is 0 Å². The average molecular weight is 179 g/mol. The number of benzene rings is 1. The van der Waals surface area contributed by atoms with Crippen LogP contribution in [-0.2, 0) is 0 Å². The lowest BCUT2D eigenvalue weighted by molar-refractivity contribution is 1.14. The van der Waals surface area contributed by atoms with E-state index in [0.29, 0.717) is 0 Å². The van der Waals surface area contributed by atoms with Crippen LogP contribution in [0.1, 0.15) is 12.5 Å². The highest BCUT2D eigenvalue weighted by Crippen LogP contribution is 2.00. The van der Waals surface area contributed by atoms with Gasteiger partial charge < -0.3 is 0 Å². The van der Waals surface area contributed by atoms with Gasteiger partial charge in [-0.1, -0.05) is 30.3 Å². The first kappa shape index (κ1) is 9.33. The van der Waals surface area contributed by atoms with E-state index in [4.69, 9.17) is 0 Å². The molecule has 0 aliphatic carbocycles. The molecule has 1 rings (SSSR count). The Bertz CT molecular complexity index is 254. The van der Waals surface area contributed by atoms with Crippen LogP contribution in [0.5, 0.6) is 0 Å². The Morgan fingerprint density at radius 3 is 2.58 bits per heavy atom. The molecule has 2 heteroatoms. The van der Waals surface area contributed by atoms with E-state index in [0.717, 1.165) is 18.0 Å². The van der Waals surface area contributed by atoms with Crippen LogP contribution in [0.2, 0.25) is 0 Å². The van der Waals surface area contributed by atoms with Crippen molar-refractivity contribution in [1.82, 2.24) is 0 Å². The predicted octanol–water partition coefficient (Wildman–Crippen LogP) is 2.43. The third-order valence-electron chi connectivity index (χ3n) is 1.64. The zero-order chi connectivity index (χ0) is 8.81. The Hall–Kier alpha value is -0.760. The van der Waals surface area contributed by atoms with Gasteiger partial charge in [-0.05, 0) is 12.5 Å². The molecule has 1 nitrogen and oxygen atoms in total. The molecule has 0 atom stereocenters. The lowest BCUT2D eigenvalue weighted by Crippen LogP contribution is -1.96. The molecule has 0 unspecified atom stereocenters. The minimum absolute atomic E-state index is 0.795. The lowest BCUT2D eigenvalue weighted by atomic mass is 10.1. The maximum Gasteiger partial charge on any atom is 0.0480 e. The van der Waals surface area contributed by atoms with Crippen LogP contribution < -0.4 is 0 Å². The summed E-state index contributed by atoms with van der Waals surface area (Å²) >= 11 is 4.10. The number of hydrogen-bond donors (Lipinski definition) is 1. The van der Waals surface area contributed by atoms with Gasteiger partial charge in [0, 0.05) is 18.0 Å². The van der Waals surface area contributed by atoms with Gasteiger partial charge in [-0.2, -0.15) is 12.6 Å². The molecule has 0 radical (unpaired) electrons. The van der Waals surface area contributed by atoms with Crippen molar-refractivity contribution < 1.29 is 0 Å². The highest BCUT2D eigenvalue weighted by atomic mass is 32.1. The Labute approximate surface area is 78.9 Å². The van der Waals surface area contributed by atoms with Gasteiger partial charge in [-0.15, -0.1) is 0 Å². The SMILES string of the molecule is CC(=NCCS)c1ccccc1. The first-order valence-corrected chi connectivity index (χ1v) is 4.65. The highest BCUT2D eigenvalue weighted by molar-refractivity contribution is 7.80. The van der Waals surface area contributed by atoms with Crippen molar-refractivity contribution in [2.75, 3.05) is 12.3 Å². The van der Waals surface area contributed by atoms with Gasteiger partial charge in [0.25, 0.3) is 0 Å². The van der Waals surface area contributed by atoms with Crippen molar-refractivity contribution in [3.8, 4) is 0 Å². The normalized spacial score (nSPS) is 11.7. The zero-order valence-corrected chi connectivity index (χ0v) is 8.09. The quantitative estimate of drug-likeness (QED) is 0.540. The van der Waals surface area contributed by atoms with E-state index in [1.54, 1.807) is 0 Å². The number of thiol groups is 1. The third kappa shape index (κ3) is 2.70. The van der Waals surface area contributed by atoms with Crippen LogP contribution in [0.25, 0.3) is 0 Å². The summed E-state index contributed by atoms with van der Waals surface area (Å²) in [7, 11) is 0. The number of aliphatic imine (C=N–C) groups is 1. The van der Waals surface area contributed by atoms with Gasteiger partial charge in [-0.25, -0.2) is 0 Å². The molecule has 0 aliphatic heterocycles. The molecule has 0 amide bonds. The summed E-state index contributed by atoms with van der Waals surface area (Å²) in [5, 5.41) is 0. The Morgan fingerprint density at radius 2 is 2.00 bits per heavy atom. The fourth-order valence-corrected chi connectivity index (χ4v) is 1.09. The van der Waals surface area contributed by atoms with E-state index < -0.39 is 0 Å². The van der Waals surface area contributed by atoms with Crippen LogP contribution >= 0.6 is 12.6 Å². The van der Waals surface area contributed by atoms with Crippen LogP contribution in [-0.4, -0.2) is 18.0 Å². The fraction of sp³-hybridized carbons (Fsp3) is 0.300. The maximum atomic E-state index is 4.35. The maximum absolute atomic E-state index is 4.35. The molecule has 0 bridgehead atoms. The van der Waals surface area contributed by atoms with E-state index in [1.807, 2.05) is 25.1 Å². The monoisotopic (exact) mass is 179 g/mol. The summed E-state index contributed by atoms with van der Waals surface area (Å²) in [6, 6.07) is 10.2. The number of nitrogens with zero attached hydrogens (tertiary/aromatic N) is 1. The highest BCUT2D eigenvalue weighted by Gasteiger charge is 1.92. The summed E-state index contributed by atoms with van der Waals surface area (Å²) in [4.78, 5) is 4.35. The van der Waals surface area contributed by atoms with Gasteiger partial charge in [0.05, 0.1) is 0 Å². The zero-order valence-electron chi connectivity index (χ0n) is 7.20. The Morgan fingerprint density at radius 1 is 1.33 bits per heavy atom. The summed E-state index contributed by atoms with van der Waals surface area (Å²) in [5.74, 6) is 0.810. The minimum Gasteiger partial charge on any atom is -0.289 e. The summed E-state index contributed by atoms with van der Waals surface area (Å²) in [6.45, 7) is 2.82. The molecular formula is C10H13NS. The van der Waals surface area contributed by atoms with Crippen LogP contribution in [0, 0.1) is 0 Å². The van der Waals surface area contributed by atoms with Crippen LogP contribution in [0.4, 0.5) is 0 Å². The second kappa shape index (κ2) is 4.99. The molecule has 0 N–H and O–H groups in total. The standard InChI is InChI=1S/C10H13NS/c1-9(11-7-8-12)10-5-3-2-4-6-10/h2-6,12H,7-8H2,1H3. The smallest absolute Gasteiger partial charge is 0.0480 e. The van der Waals surface area contributed by atoms with Crippen molar-refractivity contribution in [3.05, 3.63) is 35.9 Å². The molecular weight excluding hydrogens is 166 g/mol. The van der Waals surface area contributed by atoms with E-state index in [-0.39, 0.29) is 0 Å². The van der Waals surface area contributed by atoms with E-state index >= 15 is 0 Å². The fourth-order valence-electron chi connectivity index (χ4n) is 0.988. The molecule has 0 saturated carbocycles. The van der Waals surface area contributed by atoms with E-state index in [9.17, 15) is 0 Å².